The predicted molar refractivity (Wildman–Crippen MR) is 77.8 cm³/mol. The lowest BCUT2D eigenvalue weighted by molar-refractivity contribution is 0.0935. The van der Waals surface area contributed by atoms with Gasteiger partial charge in [-0.1, -0.05) is 17.3 Å². The number of aryl methyl sites for hydroxylation is 1. The Morgan fingerprint density at radius 2 is 2.13 bits per heavy atom. The molecule has 0 unspecified atom stereocenters. The summed E-state index contributed by atoms with van der Waals surface area (Å²) in [6, 6.07) is 6.40. The van der Waals surface area contributed by atoms with Crippen molar-refractivity contribution in [1.29, 1.82) is 0 Å². The minimum atomic E-state index is -0.430. The number of tetrazole rings is 1. The average molecular weight is 311 g/mol. The zero-order valence-electron chi connectivity index (χ0n) is 12.1. The summed E-state index contributed by atoms with van der Waals surface area (Å²) in [5.41, 5.74) is 1.65. The molecule has 3 aromatic rings. The second-order valence-corrected chi connectivity index (χ2v) is 5.41. The fourth-order valence-corrected chi connectivity index (χ4v) is 2.80. The molecule has 1 N–H and O–H groups in total. The van der Waals surface area contributed by atoms with E-state index in [1.54, 1.807) is 12.1 Å². The number of carbonyl (C=O) groups excluding carboxylic acids is 1. The molecule has 2 heterocycles. The number of phenols is 1. The highest BCUT2D eigenvalue weighted by Crippen LogP contribution is 2.26. The maximum atomic E-state index is 12.8. The average Bonchev–Trinajstić information content (AvgIpc) is 3.21. The molecule has 4 rings (SSSR count). The lowest BCUT2D eigenvalue weighted by atomic mass is 9.96. The van der Waals surface area contributed by atoms with Gasteiger partial charge in [-0.25, -0.2) is 0 Å². The molecule has 23 heavy (non-hydrogen) atoms. The third-order valence-electron chi connectivity index (χ3n) is 3.92. The van der Waals surface area contributed by atoms with Crippen LogP contribution in [0.1, 0.15) is 34.7 Å². The molecule has 8 nitrogen and oxygen atoms in total. The van der Waals surface area contributed by atoms with Crippen molar-refractivity contribution in [1.82, 2.24) is 25.4 Å². The molecular formula is C15H13N5O3. The monoisotopic (exact) mass is 311 g/mol. The van der Waals surface area contributed by atoms with Crippen molar-refractivity contribution in [2.75, 3.05) is 0 Å². The molecule has 0 bridgehead atoms. The summed E-state index contributed by atoms with van der Waals surface area (Å²) in [6.07, 6.45) is 3.60. The van der Waals surface area contributed by atoms with Crippen molar-refractivity contribution < 1.29 is 14.4 Å². The first-order valence-corrected chi connectivity index (χ1v) is 7.34. The second kappa shape index (κ2) is 5.31. The molecule has 8 heteroatoms. The van der Waals surface area contributed by atoms with Gasteiger partial charge in [-0.2, -0.15) is 4.68 Å². The van der Waals surface area contributed by atoms with Crippen molar-refractivity contribution in [3.8, 4) is 17.1 Å². The van der Waals surface area contributed by atoms with Gasteiger partial charge in [0.1, 0.15) is 11.5 Å². The Balaban J connectivity index is 1.76. The molecule has 2 aromatic heterocycles. The normalized spacial score (nSPS) is 13.7. The van der Waals surface area contributed by atoms with E-state index >= 15 is 0 Å². The van der Waals surface area contributed by atoms with Gasteiger partial charge in [0.2, 0.25) is 0 Å². The fraction of sp³-hybridized carbons (Fsp3) is 0.267. The maximum absolute atomic E-state index is 12.8. The van der Waals surface area contributed by atoms with Crippen LogP contribution in [0.4, 0.5) is 0 Å². The lowest BCUT2D eigenvalue weighted by Crippen LogP contribution is -2.18. The molecule has 0 saturated heterocycles. The van der Waals surface area contributed by atoms with Gasteiger partial charge in [-0.15, -0.1) is 5.10 Å². The number of benzene rings is 1. The van der Waals surface area contributed by atoms with E-state index in [0.29, 0.717) is 5.56 Å². The van der Waals surface area contributed by atoms with Crippen LogP contribution in [0.25, 0.3) is 11.4 Å². The van der Waals surface area contributed by atoms with E-state index < -0.39 is 5.91 Å². The van der Waals surface area contributed by atoms with E-state index in [-0.39, 0.29) is 17.3 Å². The van der Waals surface area contributed by atoms with Gasteiger partial charge in [-0.3, -0.25) is 4.79 Å². The first-order valence-electron chi connectivity index (χ1n) is 7.34. The fourth-order valence-electron chi connectivity index (χ4n) is 2.80. The van der Waals surface area contributed by atoms with Crippen LogP contribution in [-0.4, -0.2) is 36.4 Å². The van der Waals surface area contributed by atoms with E-state index in [1.807, 2.05) is 0 Å². The van der Waals surface area contributed by atoms with Gasteiger partial charge < -0.3 is 9.63 Å². The van der Waals surface area contributed by atoms with Crippen LogP contribution in [-0.2, 0) is 12.8 Å². The summed E-state index contributed by atoms with van der Waals surface area (Å²) in [5.74, 6) is 0.661. The number of aromatic hydroxyl groups is 1. The number of hydrogen-bond acceptors (Lipinski definition) is 7. The molecule has 116 valence electrons. The largest absolute Gasteiger partial charge is 0.508 e. The van der Waals surface area contributed by atoms with Crippen LogP contribution in [0.5, 0.6) is 5.75 Å². The number of phenolic OH excluding ortho intramolecular Hbond substituents is 1. The van der Waals surface area contributed by atoms with Gasteiger partial charge in [0.25, 0.3) is 0 Å². The zero-order chi connectivity index (χ0) is 15.8. The van der Waals surface area contributed by atoms with Crippen molar-refractivity contribution in [3.05, 3.63) is 41.3 Å². The first-order chi connectivity index (χ1) is 11.2. The van der Waals surface area contributed by atoms with Crippen molar-refractivity contribution in [2.24, 2.45) is 0 Å². The van der Waals surface area contributed by atoms with Crippen molar-refractivity contribution in [2.45, 2.75) is 25.7 Å². The van der Waals surface area contributed by atoms with Gasteiger partial charge in [0, 0.05) is 17.5 Å². The number of rotatable bonds is 2. The minimum absolute atomic E-state index is 0.0725. The maximum Gasteiger partial charge on any atom is 0.304 e. The third-order valence-corrected chi connectivity index (χ3v) is 3.92. The molecule has 1 aliphatic carbocycles. The Bertz CT molecular complexity index is 883. The smallest absolute Gasteiger partial charge is 0.304 e. The van der Waals surface area contributed by atoms with E-state index in [9.17, 15) is 9.90 Å². The summed E-state index contributed by atoms with van der Waals surface area (Å²) >= 11 is 0. The molecule has 1 aliphatic rings. The topological polar surface area (TPSA) is 107 Å². The van der Waals surface area contributed by atoms with Crippen LogP contribution in [0, 0.1) is 0 Å². The number of hydrogen-bond donors (Lipinski definition) is 1. The molecule has 0 saturated carbocycles. The van der Waals surface area contributed by atoms with Crippen molar-refractivity contribution in [3.63, 3.8) is 0 Å². The minimum Gasteiger partial charge on any atom is -0.508 e. The highest BCUT2D eigenvalue weighted by molar-refractivity contribution is 5.96. The SMILES string of the molecule is O=C(c1noc2c1CCCC2)n1nnnc1-c1cccc(O)c1. The highest BCUT2D eigenvalue weighted by atomic mass is 16.5. The molecule has 0 spiro atoms. The van der Waals surface area contributed by atoms with Gasteiger partial charge in [0.15, 0.2) is 11.5 Å². The Morgan fingerprint density at radius 1 is 1.26 bits per heavy atom. The molecular weight excluding hydrogens is 298 g/mol. The second-order valence-electron chi connectivity index (χ2n) is 5.41. The highest BCUT2D eigenvalue weighted by Gasteiger charge is 2.27. The Kier molecular flexibility index (Phi) is 3.14. The van der Waals surface area contributed by atoms with Crippen LogP contribution in [0.3, 0.4) is 0 Å². The van der Waals surface area contributed by atoms with Gasteiger partial charge in [-0.05, 0) is 41.8 Å². The van der Waals surface area contributed by atoms with E-state index in [1.165, 1.54) is 12.1 Å². The van der Waals surface area contributed by atoms with Crippen molar-refractivity contribution >= 4 is 5.91 Å². The van der Waals surface area contributed by atoms with Gasteiger partial charge >= 0.3 is 5.91 Å². The number of carbonyl (C=O) groups is 1. The Labute approximate surface area is 130 Å². The molecule has 0 fully saturated rings. The number of aromatic nitrogens is 5. The summed E-state index contributed by atoms with van der Waals surface area (Å²) in [5, 5.41) is 24.7. The summed E-state index contributed by atoms with van der Waals surface area (Å²) < 4.78 is 6.36. The van der Waals surface area contributed by atoms with Crippen LogP contribution in [0.15, 0.2) is 28.8 Å². The zero-order valence-corrected chi connectivity index (χ0v) is 12.1. The standard InChI is InChI=1S/C15H13N5O3/c21-10-5-3-4-9(8-10)14-16-18-19-20(14)15(22)13-11-6-1-2-7-12(11)23-17-13/h3-5,8,21H,1-2,6-7H2. The van der Waals surface area contributed by atoms with Crippen LogP contribution < -0.4 is 0 Å². The molecule has 0 amide bonds. The lowest BCUT2D eigenvalue weighted by Gasteiger charge is -2.08. The molecule has 0 aliphatic heterocycles. The predicted octanol–water partition coefficient (Wildman–Crippen LogP) is 1.60. The summed E-state index contributed by atoms with van der Waals surface area (Å²) in [7, 11) is 0. The quantitative estimate of drug-likeness (QED) is 0.716. The number of fused-ring (bicyclic) bond motifs is 1. The van der Waals surface area contributed by atoms with Gasteiger partial charge in [0.05, 0.1) is 0 Å². The van der Waals surface area contributed by atoms with E-state index in [2.05, 4.69) is 20.7 Å². The Morgan fingerprint density at radius 3 is 3.00 bits per heavy atom. The molecule has 1 aromatic carbocycles. The summed E-state index contributed by atoms with van der Waals surface area (Å²) in [4.78, 5) is 12.8. The van der Waals surface area contributed by atoms with E-state index in [0.717, 1.165) is 41.7 Å². The summed E-state index contributed by atoms with van der Waals surface area (Å²) in [6.45, 7) is 0. The van der Waals surface area contributed by atoms with Crippen LogP contribution >= 0.6 is 0 Å². The van der Waals surface area contributed by atoms with Crippen LogP contribution in [0.2, 0.25) is 0 Å². The van der Waals surface area contributed by atoms with E-state index in [4.69, 9.17) is 4.52 Å². The molecule has 0 radical (unpaired) electrons. The number of nitrogens with zero attached hydrogens (tertiary/aromatic N) is 5. The molecule has 0 atom stereocenters. The third kappa shape index (κ3) is 2.28. The Hall–Kier alpha value is -3.03. The first kappa shape index (κ1) is 13.6.